The van der Waals surface area contributed by atoms with Crippen LogP contribution in [0.5, 0.6) is 0 Å². The Kier molecular flexibility index (Phi) is 6.73. The van der Waals surface area contributed by atoms with Gasteiger partial charge in [-0.25, -0.2) is 9.18 Å². The van der Waals surface area contributed by atoms with Crippen LogP contribution in [0.15, 0.2) is 24.3 Å². The molecule has 0 aliphatic carbocycles. The van der Waals surface area contributed by atoms with E-state index in [-0.39, 0.29) is 36.6 Å². The number of carbonyl (C=O) groups excluding carboxylic acids is 3. The number of benzene rings is 1. The Morgan fingerprint density at radius 1 is 1.28 bits per heavy atom. The predicted octanol–water partition coefficient (Wildman–Crippen LogP) is 1.43. The molecule has 136 valence electrons. The van der Waals surface area contributed by atoms with Crippen LogP contribution in [0.2, 0.25) is 0 Å². The Labute approximate surface area is 145 Å². The first-order valence-electron chi connectivity index (χ1n) is 8.23. The van der Waals surface area contributed by atoms with E-state index in [0.717, 1.165) is 0 Å². The second-order valence-corrected chi connectivity index (χ2v) is 5.74. The van der Waals surface area contributed by atoms with E-state index in [1.165, 1.54) is 12.1 Å². The minimum Gasteiger partial charge on any atom is -0.466 e. The molecule has 1 aliphatic heterocycles. The molecule has 1 aliphatic rings. The van der Waals surface area contributed by atoms with E-state index >= 15 is 0 Å². The summed E-state index contributed by atoms with van der Waals surface area (Å²) >= 11 is 0. The van der Waals surface area contributed by atoms with Gasteiger partial charge in [-0.3, -0.25) is 9.59 Å². The molecule has 3 amide bonds. The number of hydrogen-bond donors (Lipinski definition) is 2. The number of halogens is 1. The SMILES string of the molecule is CCOC(=O)CCNC(=O)NCC1CC(=O)N(c2ccc(F)cc2)C1. The van der Waals surface area contributed by atoms with Crippen molar-refractivity contribution >= 4 is 23.6 Å². The van der Waals surface area contributed by atoms with Gasteiger partial charge in [-0.2, -0.15) is 0 Å². The lowest BCUT2D eigenvalue weighted by Crippen LogP contribution is -2.39. The highest BCUT2D eigenvalue weighted by Crippen LogP contribution is 2.24. The van der Waals surface area contributed by atoms with Crippen LogP contribution in [-0.4, -0.2) is 44.1 Å². The van der Waals surface area contributed by atoms with Crippen molar-refractivity contribution in [2.45, 2.75) is 19.8 Å². The summed E-state index contributed by atoms with van der Waals surface area (Å²) < 4.78 is 17.7. The van der Waals surface area contributed by atoms with Crippen LogP contribution in [0, 0.1) is 11.7 Å². The molecule has 2 rings (SSSR count). The van der Waals surface area contributed by atoms with Crippen molar-refractivity contribution in [1.82, 2.24) is 10.6 Å². The largest absolute Gasteiger partial charge is 0.466 e. The van der Waals surface area contributed by atoms with Crippen LogP contribution in [0.3, 0.4) is 0 Å². The third-order valence-electron chi connectivity index (χ3n) is 3.81. The molecule has 0 bridgehead atoms. The first-order valence-corrected chi connectivity index (χ1v) is 8.23. The molecule has 1 atom stereocenters. The van der Waals surface area contributed by atoms with E-state index in [4.69, 9.17) is 4.74 Å². The molecule has 0 saturated carbocycles. The van der Waals surface area contributed by atoms with Crippen LogP contribution >= 0.6 is 0 Å². The number of carbonyl (C=O) groups is 3. The summed E-state index contributed by atoms with van der Waals surface area (Å²) in [6, 6.07) is 5.35. The van der Waals surface area contributed by atoms with Gasteiger partial charge in [-0.1, -0.05) is 0 Å². The fourth-order valence-corrected chi connectivity index (χ4v) is 2.60. The number of rotatable bonds is 7. The average molecular weight is 351 g/mol. The second kappa shape index (κ2) is 9.00. The van der Waals surface area contributed by atoms with E-state index < -0.39 is 6.03 Å². The van der Waals surface area contributed by atoms with Gasteiger partial charge in [0.15, 0.2) is 0 Å². The zero-order valence-electron chi connectivity index (χ0n) is 14.1. The van der Waals surface area contributed by atoms with Gasteiger partial charge in [0.05, 0.1) is 13.0 Å². The minimum atomic E-state index is -0.392. The minimum absolute atomic E-state index is 0.0200. The van der Waals surface area contributed by atoms with Gasteiger partial charge in [0.1, 0.15) is 5.82 Å². The predicted molar refractivity (Wildman–Crippen MR) is 89.5 cm³/mol. The van der Waals surface area contributed by atoms with E-state index in [1.54, 1.807) is 24.0 Å². The summed E-state index contributed by atoms with van der Waals surface area (Å²) in [5.41, 5.74) is 0.646. The van der Waals surface area contributed by atoms with E-state index in [9.17, 15) is 18.8 Å². The van der Waals surface area contributed by atoms with Gasteiger partial charge in [-0.15, -0.1) is 0 Å². The first-order chi connectivity index (χ1) is 12.0. The molecule has 7 nitrogen and oxygen atoms in total. The van der Waals surface area contributed by atoms with Crippen molar-refractivity contribution in [3.05, 3.63) is 30.1 Å². The van der Waals surface area contributed by atoms with Crippen molar-refractivity contribution in [1.29, 1.82) is 0 Å². The Morgan fingerprint density at radius 2 is 2.00 bits per heavy atom. The molecule has 0 spiro atoms. The molecule has 1 heterocycles. The van der Waals surface area contributed by atoms with Crippen LogP contribution in [0.4, 0.5) is 14.9 Å². The standard InChI is InChI=1S/C17H22FN3O4/c1-2-25-16(23)7-8-19-17(24)20-10-12-9-15(22)21(11-12)14-5-3-13(18)4-6-14/h3-6,12H,2,7-11H2,1H3,(H2,19,20,24). The fraction of sp³-hybridized carbons (Fsp3) is 0.471. The lowest BCUT2D eigenvalue weighted by atomic mass is 10.1. The van der Waals surface area contributed by atoms with Crippen LogP contribution in [0.25, 0.3) is 0 Å². The molecule has 0 aromatic heterocycles. The highest BCUT2D eigenvalue weighted by molar-refractivity contribution is 5.95. The molecule has 2 N–H and O–H groups in total. The average Bonchev–Trinajstić information content (AvgIpc) is 2.95. The molecule has 1 unspecified atom stereocenters. The number of amides is 3. The van der Waals surface area contributed by atoms with Gasteiger partial charge in [0.25, 0.3) is 0 Å². The molecule has 1 aromatic carbocycles. The third kappa shape index (κ3) is 5.74. The van der Waals surface area contributed by atoms with E-state index in [1.807, 2.05) is 0 Å². The maximum Gasteiger partial charge on any atom is 0.314 e. The van der Waals surface area contributed by atoms with Crippen LogP contribution in [-0.2, 0) is 14.3 Å². The molecular weight excluding hydrogens is 329 g/mol. The van der Waals surface area contributed by atoms with Crippen molar-refractivity contribution in [2.24, 2.45) is 5.92 Å². The monoisotopic (exact) mass is 351 g/mol. The number of esters is 1. The Morgan fingerprint density at radius 3 is 2.68 bits per heavy atom. The summed E-state index contributed by atoms with van der Waals surface area (Å²) in [6.07, 6.45) is 0.433. The first kappa shape index (κ1) is 18.7. The van der Waals surface area contributed by atoms with Crippen LogP contribution < -0.4 is 15.5 Å². The van der Waals surface area contributed by atoms with Crippen molar-refractivity contribution < 1.29 is 23.5 Å². The highest BCUT2D eigenvalue weighted by Gasteiger charge is 2.30. The van der Waals surface area contributed by atoms with E-state index in [0.29, 0.717) is 31.8 Å². The zero-order chi connectivity index (χ0) is 18.2. The summed E-state index contributed by atoms with van der Waals surface area (Å²) in [4.78, 5) is 36.5. The van der Waals surface area contributed by atoms with Crippen molar-refractivity contribution in [3.63, 3.8) is 0 Å². The lowest BCUT2D eigenvalue weighted by Gasteiger charge is -2.17. The maximum atomic E-state index is 13.0. The molecule has 1 fully saturated rings. The van der Waals surface area contributed by atoms with Gasteiger partial charge in [0.2, 0.25) is 5.91 Å². The molecular formula is C17H22FN3O4. The molecule has 8 heteroatoms. The quantitative estimate of drug-likeness (QED) is 0.728. The van der Waals surface area contributed by atoms with Crippen LogP contribution in [0.1, 0.15) is 19.8 Å². The molecule has 1 saturated heterocycles. The summed E-state index contributed by atoms with van der Waals surface area (Å²) in [7, 11) is 0. The third-order valence-corrected chi connectivity index (χ3v) is 3.81. The molecule has 0 radical (unpaired) electrons. The topological polar surface area (TPSA) is 87.7 Å². The maximum absolute atomic E-state index is 13.0. The normalized spacial score (nSPS) is 16.6. The number of ether oxygens (including phenoxy) is 1. The van der Waals surface area contributed by atoms with Gasteiger partial charge in [-0.05, 0) is 31.2 Å². The number of nitrogens with one attached hydrogen (secondary N) is 2. The Bertz CT molecular complexity index is 621. The van der Waals surface area contributed by atoms with Gasteiger partial charge < -0.3 is 20.3 Å². The smallest absolute Gasteiger partial charge is 0.314 e. The fourth-order valence-electron chi connectivity index (χ4n) is 2.60. The summed E-state index contributed by atoms with van der Waals surface area (Å²) in [6.45, 7) is 3.03. The summed E-state index contributed by atoms with van der Waals surface area (Å²) in [5, 5.41) is 5.26. The summed E-state index contributed by atoms with van der Waals surface area (Å²) in [5.74, 6) is -0.790. The molecule has 25 heavy (non-hydrogen) atoms. The zero-order valence-corrected chi connectivity index (χ0v) is 14.1. The van der Waals surface area contributed by atoms with Crippen molar-refractivity contribution in [2.75, 3.05) is 31.1 Å². The van der Waals surface area contributed by atoms with Gasteiger partial charge in [0, 0.05) is 37.7 Å². The Balaban J connectivity index is 1.71. The second-order valence-electron chi connectivity index (χ2n) is 5.74. The molecule has 1 aromatic rings. The number of nitrogens with zero attached hydrogens (tertiary/aromatic N) is 1. The number of urea groups is 1. The van der Waals surface area contributed by atoms with Crippen molar-refractivity contribution in [3.8, 4) is 0 Å². The Hall–Kier alpha value is -2.64. The number of hydrogen-bond acceptors (Lipinski definition) is 4. The highest BCUT2D eigenvalue weighted by atomic mass is 19.1. The number of anilines is 1. The van der Waals surface area contributed by atoms with E-state index in [2.05, 4.69) is 10.6 Å². The lowest BCUT2D eigenvalue weighted by molar-refractivity contribution is -0.142. The van der Waals surface area contributed by atoms with Gasteiger partial charge >= 0.3 is 12.0 Å².